The van der Waals surface area contributed by atoms with Crippen LogP contribution in [0.2, 0.25) is 0 Å². The van der Waals surface area contributed by atoms with Gasteiger partial charge in [0.15, 0.2) is 0 Å². The van der Waals surface area contributed by atoms with Crippen LogP contribution in [0.25, 0.3) is 11.3 Å². The molecule has 6 heteroatoms. The normalized spacial score (nSPS) is 13.7. The molecule has 6 nitrogen and oxygen atoms in total. The molecular formula is C18H22N4O2. The number of amides is 2. The predicted molar refractivity (Wildman–Crippen MR) is 92.6 cm³/mol. The van der Waals surface area contributed by atoms with E-state index in [0.29, 0.717) is 25.3 Å². The second-order valence-corrected chi connectivity index (χ2v) is 5.91. The first-order chi connectivity index (χ1) is 11.7. The number of fused-ring (bicyclic) bond motifs is 1. The highest BCUT2D eigenvalue weighted by Gasteiger charge is 2.28. The molecule has 1 N–H and O–H groups in total. The predicted octanol–water partition coefficient (Wildman–Crippen LogP) is 2.20. The Bertz CT molecular complexity index is 724. The number of unbranched alkanes of at least 4 members (excludes halogenated alkanes) is 1. The van der Waals surface area contributed by atoms with Crippen molar-refractivity contribution in [2.45, 2.75) is 32.7 Å². The Labute approximate surface area is 141 Å². The van der Waals surface area contributed by atoms with E-state index in [0.717, 1.165) is 24.1 Å². The Morgan fingerprint density at radius 3 is 2.83 bits per heavy atom. The maximum absolute atomic E-state index is 12.3. The van der Waals surface area contributed by atoms with Crippen molar-refractivity contribution in [1.82, 2.24) is 15.1 Å². The lowest BCUT2D eigenvalue weighted by molar-refractivity contribution is -0.124. The Morgan fingerprint density at radius 2 is 2.08 bits per heavy atom. The summed E-state index contributed by atoms with van der Waals surface area (Å²) in [6.07, 6.45) is 2.33. The monoisotopic (exact) mass is 326 g/mol. The SMILES string of the molecule is CCCCNC(=O)CN1C(=O)CCn2nc(-c3ccccc3)cc21. The van der Waals surface area contributed by atoms with E-state index in [-0.39, 0.29) is 18.4 Å². The van der Waals surface area contributed by atoms with E-state index in [1.807, 2.05) is 41.1 Å². The maximum atomic E-state index is 12.3. The number of rotatable bonds is 6. The van der Waals surface area contributed by atoms with Crippen molar-refractivity contribution < 1.29 is 9.59 Å². The molecule has 126 valence electrons. The number of hydrogen-bond acceptors (Lipinski definition) is 3. The van der Waals surface area contributed by atoms with Crippen LogP contribution in [-0.2, 0) is 16.1 Å². The first-order valence-electron chi connectivity index (χ1n) is 8.39. The molecule has 2 heterocycles. The lowest BCUT2D eigenvalue weighted by Crippen LogP contribution is -2.44. The molecule has 24 heavy (non-hydrogen) atoms. The lowest BCUT2D eigenvalue weighted by atomic mass is 10.1. The molecule has 0 spiro atoms. The second-order valence-electron chi connectivity index (χ2n) is 5.91. The Balaban J connectivity index is 1.79. The number of nitrogens with zero attached hydrogens (tertiary/aromatic N) is 3. The van der Waals surface area contributed by atoms with Crippen molar-refractivity contribution >= 4 is 17.6 Å². The molecular weight excluding hydrogens is 304 g/mol. The summed E-state index contributed by atoms with van der Waals surface area (Å²) in [5.74, 6) is 0.524. The third-order valence-electron chi connectivity index (χ3n) is 4.10. The highest BCUT2D eigenvalue weighted by molar-refractivity contribution is 5.99. The van der Waals surface area contributed by atoms with Gasteiger partial charge in [-0.05, 0) is 6.42 Å². The van der Waals surface area contributed by atoms with Crippen LogP contribution in [0.1, 0.15) is 26.2 Å². The van der Waals surface area contributed by atoms with Gasteiger partial charge in [-0.15, -0.1) is 0 Å². The number of aryl methyl sites for hydroxylation is 1. The average Bonchev–Trinajstić information content (AvgIpc) is 3.03. The van der Waals surface area contributed by atoms with Gasteiger partial charge in [0, 0.05) is 24.6 Å². The summed E-state index contributed by atoms with van der Waals surface area (Å²) in [4.78, 5) is 25.9. The molecule has 0 fully saturated rings. The van der Waals surface area contributed by atoms with E-state index in [1.54, 1.807) is 0 Å². The van der Waals surface area contributed by atoms with Gasteiger partial charge >= 0.3 is 0 Å². The zero-order chi connectivity index (χ0) is 16.9. The van der Waals surface area contributed by atoms with Crippen molar-refractivity contribution in [3.05, 3.63) is 36.4 Å². The third kappa shape index (κ3) is 3.48. The maximum Gasteiger partial charge on any atom is 0.240 e. The topological polar surface area (TPSA) is 67.2 Å². The van der Waals surface area contributed by atoms with Gasteiger partial charge in [-0.3, -0.25) is 14.5 Å². The molecule has 0 radical (unpaired) electrons. The standard InChI is InChI=1S/C18H22N4O2/c1-2-3-10-19-16(23)13-21-17-12-15(14-7-5-4-6-8-14)20-22(17)11-9-18(21)24/h4-8,12H,2-3,9-11,13H2,1H3,(H,19,23). The summed E-state index contributed by atoms with van der Waals surface area (Å²) < 4.78 is 1.81. The third-order valence-corrected chi connectivity index (χ3v) is 4.10. The first kappa shape index (κ1) is 16.2. The molecule has 1 aromatic heterocycles. The molecule has 1 aromatic carbocycles. The zero-order valence-electron chi connectivity index (χ0n) is 13.9. The molecule has 0 atom stereocenters. The molecule has 1 aliphatic rings. The van der Waals surface area contributed by atoms with Gasteiger partial charge in [0.1, 0.15) is 12.4 Å². The fraction of sp³-hybridized carbons (Fsp3) is 0.389. The van der Waals surface area contributed by atoms with E-state index in [4.69, 9.17) is 0 Å². The highest BCUT2D eigenvalue weighted by Crippen LogP contribution is 2.27. The minimum Gasteiger partial charge on any atom is -0.355 e. The smallest absolute Gasteiger partial charge is 0.240 e. The molecule has 1 aliphatic heterocycles. The molecule has 0 saturated heterocycles. The molecule has 0 bridgehead atoms. The van der Waals surface area contributed by atoms with E-state index in [2.05, 4.69) is 17.3 Å². The van der Waals surface area contributed by atoms with Crippen LogP contribution in [0.15, 0.2) is 36.4 Å². The highest BCUT2D eigenvalue weighted by atomic mass is 16.2. The zero-order valence-corrected chi connectivity index (χ0v) is 13.9. The molecule has 2 amide bonds. The van der Waals surface area contributed by atoms with Crippen molar-refractivity contribution in [3.8, 4) is 11.3 Å². The van der Waals surface area contributed by atoms with Crippen LogP contribution in [0, 0.1) is 0 Å². The van der Waals surface area contributed by atoms with Crippen LogP contribution in [0.5, 0.6) is 0 Å². The number of carbonyl (C=O) groups excluding carboxylic acids is 2. The minimum atomic E-state index is -0.132. The molecule has 0 unspecified atom stereocenters. The van der Waals surface area contributed by atoms with Crippen molar-refractivity contribution in [1.29, 1.82) is 0 Å². The number of anilines is 1. The van der Waals surface area contributed by atoms with E-state index in [1.165, 1.54) is 4.90 Å². The molecule has 2 aromatic rings. The van der Waals surface area contributed by atoms with Crippen LogP contribution in [0.4, 0.5) is 5.82 Å². The summed E-state index contributed by atoms with van der Waals surface area (Å²) in [5.41, 5.74) is 1.82. The molecule has 3 rings (SSSR count). The van der Waals surface area contributed by atoms with Gasteiger partial charge in [-0.1, -0.05) is 43.7 Å². The van der Waals surface area contributed by atoms with Crippen molar-refractivity contribution in [3.63, 3.8) is 0 Å². The van der Waals surface area contributed by atoms with Gasteiger partial charge in [0.25, 0.3) is 0 Å². The number of carbonyl (C=O) groups is 2. The van der Waals surface area contributed by atoms with Crippen LogP contribution in [-0.4, -0.2) is 34.7 Å². The summed E-state index contributed by atoms with van der Waals surface area (Å²) in [6.45, 7) is 3.31. The minimum absolute atomic E-state index is 0.0346. The fourth-order valence-electron chi connectivity index (χ4n) is 2.78. The number of nitrogens with one attached hydrogen (secondary N) is 1. The second kappa shape index (κ2) is 7.29. The quantitative estimate of drug-likeness (QED) is 0.828. The van der Waals surface area contributed by atoms with Crippen molar-refractivity contribution in [2.24, 2.45) is 0 Å². The van der Waals surface area contributed by atoms with Crippen molar-refractivity contribution in [2.75, 3.05) is 18.0 Å². The van der Waals surface area contributed by atoms with Crippen LogP contribution in [0.3, 0.4) is 0 Å². The van der Waals surface area contributed by atoms with E-state index in [9.17, 15) is 9.59 Å². The van der Waals surface area contributed by atoms with Gasteiger partial charge < -0.3 is 5.32 Å². The van der Waals surface area contributed by atoms with Gasteiger partial charge in [-0.25, -0.2) is 4.68 Å². The first-order valence-corrected chi connectivity index (χ1v) is 8.39. The summed E-state index contributed by atoms with van der Waals surface area (Å²) in [7, 11) is 0. The van der Waals surface area contributed by atoms with Gasteiger partial charge in [0.2, 0.25) is 11.8 Å². The number of hydrogen-bond donors (Lipinski definition) is 1. The number of benzene rings is 1. The summed E-state index contributed by atoms with van der Waals surface area (Å²) >= 11 is 0. The lowest BCUT2D eigenvalue weighted by Gasteiger charge is -2.26. The van der Waals surface area contributed by atoms with Crippen LogP contribution >= 0.6 is 0 Å². The summed E-state index contributed by atoms with van der Waals surface area (Å²) in [5, 5.41) is 7.44. The largest absolute Gasteiger partial charge is 0.355 e. The van der Waals surface area contributed by atoms with Gasteiger partial charge in [0.05, 0.1) is 12.2 Å². The average molecular weight is 326 g/mol. The molecule has 0 saturated carbocycles. The fourth-order valence-corrected chi connectivity index (χ4v) is 2.78. The van der Waals surface area contributed by atoms with Crippen LogP contribution < -0.4 is 10.2 Å². The molecule has 0 aliphatic carbocycles. The van der Waals surface area contributed by atoms with E-state index >= 15 is 0 Å². The van der Waals surface area contributed by atoms with E-state index < -0.39 is 0 Å². The Morgan fingerprint density at radius 1 is 1.29 bits per heavy atom. The Kier molecular flexibility index (Phi) is 4.93. The Hall–Kier alpha value is -2.63. The van der Waals surface area contributed by atoms with Gasteiger partial charge in [-0.2, -0.15) is 5.10 Å². The number of aromatic nitrogens is 2. The summed E-state index contributed by atoms with van der Waals surface area (Å²) in [6, 6.07) is 11.7.